The Balaban J connectivity index is 1.05. The Hall–Kier alpha value is -2.95. The molecule has 2 unspecified atom stereocenters. The monoisotopic (exact) mass is 1270 g/mol. The van der Waals surface area contributed by atoms with E-state index in [1.165, 1.54) is 0 Å². The summed E-state index contributed by atoms with van der Waals surface area (Å²) < 4.78 is 61.3. The Morgan fingerprint density at radius 1 is 0.674 bits per heavy atom. The number of fused-ring (bicyclic) bond motifs is 7. The molecule has 0 aromatic heterocycles. The fourth-order valence-corrected chi connectivity index (χ4v) is 17.4. The summed E-state index contributed by atoms with van der Waals surface area (Å²) in [5.41, 5.74) is -4.85. The highest BCUT2D eigenvalue weighted by Crippen LogP contribution is 2.76. The van der Waals surface area contributed by atoms with E-state index >= 15 is 0 Å². The third-order valence-electron chi connectivity index (χ3n) is 23.3. The van der Waals surface area contributed by atoms with Crippen molar-refractivity contribution in [2.75, 3.05) is 26.4 Å². The van der Waals surface area contributed by atoms with Crippen LogP contribution in [0.3, 0.4) is 0 Å². The summed E-state index contributed by atoms with van der Waals surface area (Å²) in [6, 6.07) is 0. The van der Waals surface area contributed by atoms with E-state index in [9.17, 15) is 85.9 Å². The summed E-state index contributed by atoms with van der Waals surface area (Å²) >= 11 is 0. The molecule has 27 heteroatoms. The molecule has 0 radical (unpaired) electrons. The van der Waals surface area contributed by atoms with Gasteiger partial charge in [0, 0.05) is 16.4 Å². The lowest BCUT2D eigenvalue weighted by molar-refractivity contribution is -0.399. The van der Waals surface area contributed by atoms with E-state index < -0.39 is 230 Å². The van der Waals surface area contributed by atoms with Crippen LogP contribution in [0.15, 0.2) is 23.3 Å². The third kappa shape index (κ3) is 11.6. The molecule has 8 fully saturated rings. The second-order valence-electron chi connectivity index (χ2n) is 28.8. The first-order valence-corrected chi connectivity index (χ1v) is 31.4. The number of carboxylic acids is 1. The Labute approximate surface area is 517 Å². The Morgan fingerprint density at radius 2 is 1.29 bits per heavy atom. The maximum atomic E-state index is 14.0. The number of allylic oxidation sites excluding steroid dienone is 2. The Kier molecular flexibility index (Phi) is 20.5. The molecule has 0 bridgehead atoms. The van der Waals surface area contributed by atoms with Gasteiger partial charge in [-0.15, -0.1) is 0 Å². The van der Waals surface area contributed by atoms with Crippen molar-refractivity contribution in [1.82, 2.24) is 0 Å². The van der Waals surface area contributed by atoms with E-state index in [0.29, 0.717) is 37.7 Å². The number of carbonyl (C=O) groups excluding carboxylic acids is 2. The van der Waals surface area contributed by atoms with Gasteiger partial charge in [-0.05, 0) is 92.8 Å². The molecule has 27 nitrogen and oxygen atoms in total. The van der Waals surface area contributed by atoms with Gasteiger partial charge in [-0.2, -0.15) is 0 Å². The fraction of sp³-hybridized carbons (Fsp3) is 0.887. The van der Waals surface area contributed by atoms with Crippen molar-refractivity contribution in [3.8, 4) is 0 Å². The van der Waals surface area contributed by atoms with Gasteiger partial charge in [0.05, 0.1) is 56.1 Å². The van der Waals surface area contributed by atoms with Crippen LogP contribution in [0.5, 0.6) is 0 Å². The van der Waals surface area contributed by atoms with Gasteiger partial charge in [0.2, 0.25) is 0 Å². The highest BCUT2D eigenvalue weighted by molar-refractivity contribution is 5.88. The van der Waals surface area contributed by atoms with E-state index in [1.807, 2.05) is 41.5 Å². The normalized spacial score (nSPS) is 50.0. The second kappa shape index (κ2) is 26.0. The zero-order valence-corrected chi connectivity index (χ0v) is 52.6. The van der Waals surface area contributed by atoms with Crippen LogP contribution in [0.4, 0.5) is 0 Å². The third-order valence-corrected chi connectivity index (χ3v) is 23.3. The van der Waals surface area contributed by atoms with Crippen molar-refractivity contribution in [3.05, 3.63) is 23.3 Å². The van der Waals surface area contributed by atoms with Crippen LogP contribution in [0.25, 0.3) is 0 Å². The van der Waals surface area contributed by atoms with Gasteiger partial charge in [0.15, 0.2) is 37.4 Å². The Bertz CT molecular complexity index is 2600. The molecule has 89 heavy (non-hydrogen) atoms. The summed E-state index contributed by atoms with van der Waals surface area (Å²) in [5.74, 6) is -4.64. The average molecular weight is 1280 g/mol. The SMILES string of the molecule is C/C=C(/C)C(=O)O[C@H]1[C@H](OC(=O)C(C)CC)[C@]2(CO)[C@H](O)[C@H](O)[C@]3(C)C(=CC[C@@H]4[C@@]5(C)CC[C@H](O[C@@H]6O[C@H](C(=O)O)[C@@H](O)[C@H](O[C@@H]7OC[C@H](O)[C@H](O)[C@H]7O[C@@H]7OC[C@H](O)[C@H](O)[C@H]7O)[C@H]6O[C@@H]6O[C@H](CO)[C@H](O)[C@H](O)[C@H]6O)C(C)(C)C5CC[C@]43C)[C@@H]2CC1(C)C. The van der Waals surface area contributed by atoms with Crippen molar-refractivity contribution in [2.45, 2.75) is 262 Å². The van der Waals surface area contributed by atoms with E-state index in [-0.39, 0.29) is 24.7 Å². The molecule has 4 aliphatic heterocycles. The molecule has 4 saturated carbocycles. The minimum atomic E-state index is -2.23. The predicted molar refractivity (Wildman–Crippen MR) is 303 cm³/mol. The van der Waals surface area contributed by atoms with Crippen LogP contribution >= 0.6 is 0 Å². The van der Waals surface area contributed by atoms with Crippen LogP contribution in [-0.4, -0.2) is 257 Å². The molecule has 14 N–H and O–H groups in total. The van der Waals surface area contributed by atoms with Gasteiger partial charge in [0.1, 0.15) is 85.5 Å². The highest BCUT2D eigenvalue weighted by atomic mass is 16.8. The molecule has 4 heterocycles. The largest absolute Gasteiger partial charge is 0.479 e. The molecule has 9 aliphatic rings. The zero-order chi connectivity index (χ0) is 65.7. The van der Waals surface area contributed by atoms with Gasteiger partial charge in [0.25, 0.3) is 0 Å². The number of esters is 2. The predicted octanol–water partition coefficient (Wildman–Crippen LogP) is -1.19. The molecule has 0 spiro atoms. The van der Waals surface area contributed by atoms with Crippen LogP contribution in [-0.2, 0) is 61.8 Å². The number of aliphatic hydroxyl groups excluding tert-OH is 13. The molecule has 508 valence electrons. The lowest BCUT2D eigenvalue weighted by Crippen LogP contribution is -2.76. The van der Waals surface area contributed by atoms with Crippen molar-refractivity contribution >= 4 is 17.9 Å². The molecular formula is C62H98O27. The summed E-state index contributed by atoms with van der Waals surface area (Å²) in [6.07, 6.45) is -34.0. The maximum Gasteiger partial charge on any atom is 0.335 e. The molecule has 4 saturated heterocycles. The first-order chi connectivity index (χ1) is 41.6. The Morgan fingerprint density at radius 3 is 1.91 bits per heavy atom. The average Bonchev–Trinajstić information content (AvgIpc) is 0.667. The van der Waals surface area contributed by atoms with Gasteiger partial charge in [-0.1, -0.05) is 80.0 Å². The van der Waals surface area contributed by atoms with Crippen LogP contribution in [0.2, 0.25) is 0 Å². The van der Waals surface area contributed by atoms with Crippen LogP contribution in [0, 0.1) is 56.2 Å². The van der Waals surface area contributed by atoms with Gasteiger partial charge >= 0.3 is 17.9 Å². The first-order valence-electron chi connectivity index (χ1n) is 31.4. The van der Waals surface area contributed by atoms with Gasteiger partial charge < -0.3 is 119 Å². The van der Waals surface area contributed by atoms with Crippen LogP contribution < -0.4 is 0 Å². The van der Waals surface area contributed by atoms with Crippen LogP contribution in [0.1, 0.15) is 121 Å². The number of carboxylic acid groups (broad SMARTS) is 1. The maximum absolute atomic E-state index is 14.0. The summed E-state index contributed by atoms with van der Waals surface area (Å²) in [6.45, 7) is 18.1. The van der Waals surface area contributed by atoms with E-state index in [4.69, 9.17) is 47.4 Å². The molecule has 5 aliphatic carbocycles. The number of hydrogen-bond donors (Lipinski definition) is 14. The quantitative estimate of drug-likeness (QED) is 0.0374. The minimum absolute atomic E-state index is 0.190. The molecule has 0 aromatic rings. The van der Waals surface area contributed by atoms with E-state index in [0.717, 1.165) is 5.57 Å². The lowest BCUT2D eigenvalue weighted by Gasteiger charge is -2.73. The number of ether oxygens (including phenoxy) is 10. The standard InChI is InChI=1S/C62H98O27/c1-12-25(3)51(78)88-48-49(89-52(79)26(4)13-2)62(24-64)28(20-57(48,5)6)27-14-15-33-59(9)18-17-34(58(7,8)32(59)16-19-60(33,10)61(27,11)46(74)47(62)75)83-56-45(87-54-40(72)38(70)37(69)31(21-63)82-54)42(41(73)43(85-56)50(76)77)84-55-44(36(68)30(66)23-81-55)86-53-39(71)35(67)29(65)22-80-53/h12,14,26,28-49,53-56,63-75H,13,15-24H2,1-11H3,(H,76,77)/b25-12-/t26?,28-,29-,30-,31+,32?,33+,34-,35-,36-,37-,38-,39+,40+,41-,42-,43-,44+,45+,46-,47+,48-,49-,53-,54-,55-,56+,59-,60+,61-,62-/m0/s1. The number of aliphatic hydroxyl groups is 13. The van der Waals surface area contributed by atoms with E-state index in [1.54, 1.807) is 26.8 Å². The zero-order valence-electron chi connectivity index (χ0n) is 52.6. The fourth-order valence-electron chi connectivity index (χ4n) is 17.4. The lowest BCUT2D eigenvalue weighted by atomic mass is 9.32. The van der Waals surface area contributed by atoms with Crippen molar-refractivity contribution < 1.29 is 133 Å². The smallest absolute Gasteiger partial charge is 0.335 e. The highest BCUT2D eigenvalue weighted by Gasteiger charge is 2.76. The summed E-state index contributed by atoms with van der Waals surface area (Å²) in [7, 11) is 0. The molecule has 0 aromatic carbocycles. The number of aliphatic carboxylic acids is 1. The second-order valence-corrected chi connectivity index (χ2v) is 28.8. The first kappa shape index (κ1) is 70.4. The van der Waals surface area contributed by atoms with Crippen molar-refractivity contribution in [3.63, 3.8) is 0 Å². The molecular weight excluding hydrogens is 1180 g/mol. The summed E-state index contributed by atoms with van der Waals surface area (Å²) in [5, 5.41) is 158. The molecule has 0 amide bonds. The van der Waals surface area contributed by atoms with Crippen molar-refractivity contribution in [1.29, 1.82) is 0 Å². The molecule has 31 atom stereocenters. The van der Waals surface area contributed by atoms with Gasteiger partial charge in [-0.25, -0.2) is 9.59 Å². The number of carbonyl (C=O) groups is 3. The number of rotatable bonds is 16. The van der Waals surface area contributed by atoms with Crippen molar-refractivity contribution in [2.24, 2.45) is 56.2 Å². The van der Waals surface area contributed by atoms with E-state index in [2.05, 4.69) is 19.9 Å². The van der Waals surface area contributed by atoms with Gasteiger partial charge in [-0.3, -0.25) is 4.79 Å². The summed E-state index contributed by atoms with van der Waals surface area (Å²) in [4.78, 5) is 40.8. The number of hydrogen-bond acceptors (Lipinski definition) is 26. The topological polar surface area (TPSA) is 427 Å². The minimum Gasteiger partial charge on any atom is -0.479 e. The molecule has 9 rings (SSSR count).